The van der Waals surface area contributed by atoms with Gasteiger partial charge >= 0.3 is 5.97 Å². The van der Waals surface area contributed by atoms with Crippen molar-refractivity contribution in [3.63, 3.8) is 0 Å². The summed E-state index contributed by atoms with van der Waals surface area (Å²) in [6.07, 6.45) is 0.206. The molecule has 0 fully saturated rings. The third kappa shape index (κ3) is 3.70. The second kappa shape index (κ2) is 8.10. The van der Waals surface area contributed by atoms with Gasteiger partial charge in [0.1, 0.15) is 5.82 Å². The van der Waals surface area contributed by atoms with Crippen LogP contribution in [-0.4, -0.2) is 34.1 Å². The van der Waals surface area contributed by atoms with Gasteiger partial charge in [-0.1, -0.05) is 30.3 Å². The first kappa shape index (κ1) is 19.8. The van der Waals surface area contributed by atoms with Gasteiger partial charge in [0, 0.05) is 25.7 Å². The van der Waals surface area contributed by atoms with E-state index in [2.05, 4.69) is 4.98 Å². The van der Waals surface area contributed by atoms with E-state index in [0.29, 0.717) is 23.3 Å². The van der Waals surface area contributed by atoms with E-state index in [0.717, 1.165) is 17.7 Å². The Morgan fingerprint density at radius 3 is 2.70 bits per heavy atom. The first-order valence-corrected chi connectivity index (χ1v) is 9.99. The molecule has 1 aliphatic rings. The molecule has 7 nitrogen and oxygen atoms in total. The van der Waals surface area contributed by atoms with Crippen LogP contribution in [0.1, 0.15) is 24.7 Å². The van der Waals surface area contributed by atoms with Crippen molar-refractivity contribution in [1.82, 2.24) is 9.55 Å². The topological polar surface area (TPSA) is 81.5 Å². The van der Waals surface area contributed by atoms with E-state index in [4.69, 9.17) is 4.74 Å². The van der Waals surface area contributed by atoms with E-state index in [-0.39, 0.29) is 24.3 Å². The highest BCUT2D eigenvalue weighted by Crippen LogP contribution is 2.28. The molecular formula is C23H23N3O4. The Hall–Kier alpha value is -3.48. The standard InChI is InChI=1S/C23H23N3O4/c1-15(22(28)26-14-13-16-7-3-6-10-19(16)26)30-21(27)12-11-20-24-18-9-5-4-8-17(18)23(29)25(20)2/h3-10,15H,11-14H2,1-2H3. The molecule has 4 rings (SSSR count). The van der Waals surface area contributed by atoms with Crippen LogP contribution < -0.4 is 10.5 Å². The number of hydrogen-bond acceptors (Lipinski definition) is 5. The molecule has 1 aromatic heterocycles. The van der Waals surface area contributed by atoms with E-state index < -0.39 is 12.1 Å². The molecule has 0 radical (unpaired) electrons. The maximum absolute atomic E-state index is 12.8. The summed E-state index contributed by atoms with van der Waals surface area (Å²) in [5, 5.41) is 0.538. The largest absolute Gasteiger partial charge is 0.453 e. The Morgan fingerprint density at radius 2 is 1.87 bits per heavy atom. The molecule has 0 aliphatic carbocycles. The molecule has 1 amide bonds. The number of esters is 1. The molecule has 0 N–H and O–H groups in total. The van der Waals surface area contributed by atoms with Gasteiger partial charge in [0.2, 0.25) is 0 Å². The van der Waals surface area contributed by atoms with Crippen molar-refractivity contribution in [3.05, 3.63) is 70.3 Å². The van der Waals surface area contributed by atoms with Gasteiger partial charge in [-0.2, -0.15) is 0 Å². The van der Waals surface area contributed by atoms with E-state index in [1.54, 1.807) is 37.1 Å². The second-order valence-corrected chi connectivity index (χ2v) is 7.41. The van der Waals surface area contributed by atoms with E-state index in [9.17, 15) is 14.4 Å². The highest BCUT2D eigenvalue weighted by Gasteiger charge is 2.29. The average molecular weight is 405 g/mol. The first-order valence-electron chi connectivity index (χ1n) is 9.99. The Morgan fingerprint density at radius 1 is 1.13 bits per heavy atom. The zero-order valence-electron chi connectivity index (χ0n) is 17.0. The summed E-state index contributed by atoms with van der Waals surface area (Å²) in [5.41, 5.74) is 2.44. The predicted molar refractivity (Wildman–Crippen MR) is 113 cm³/mol. The van der Waals surface area contributed by atoms with Gasteiger partial charge in [-0.3, -0.25) is 19.0 Å². The second-order valence-electron chi connectivity index (χ2n) is 7.41. The van der Waals surface area contributed by atoms with Crippen LogP contribution in [0.4, 0.5) is 5.69 Å². The van der Waals surface area contributed by atoms with Crippen LogP contribution in [0.2, 0.25) is 0 Å². The molecule has 30 heavy (non-hydrogen) atoms. The molecule has 0 saturated carbocycles. The zero-order valence-corrected chi connectivity index (χ0v) is 17.0. The van der Waals surface area contributed by atoms with Crippen LogP contribution in [0.3, 0.4) is 0 Å². The number of hydrogen-bond donors (Lipinski definition) is 0. The van der Waals surface area contributed by atoms with Crippen LogP contribution in [0.5, 0.6) is 0 Å². The van der Waals surface area contributed by atoms with Gasteiger partial charge in [0.15, 0.2) is 6.10 Å². The number of benzene rings is 2. The number of carbonyl (C=O) groups is 2. The van der Waals surface area contributed by atoms with Crippen molar-refractivity contribution in [1.29, 1.82) is 0 Å². The fourth-order valence-electron chi connectivity index (χ4n) is 3.79. The highest BCUT2D eigenvalue weighted by molar-refractivity contribution is 5.99. The normalized spacial score (nSPS) is 13.9. The summed E-state index contributed by atoms with van der Waals surface area (Å²) in [5.74, 6) is -0.224. The Balaban J connectivity index is 1.40. The smallest absolute Gasteiger partial charge is 0.307 e. The fraction of sp³-hybridized carbons (Fsp3) is 0.304. The lowest BCUT2D eigenvalue weighted by Gasteiger charge is -2.21. The summed E-state index contributed by atoms with van der Waals surface area (Å²) >= 11 is 0. The van der Waals surface area contributed by atoms with Crippen molar-refractivity contribution in [2.45, 2.75) is 32.3 Å². The Kier molecular flexibility index (Phi) is 5.35. The SMILES string of the molecule is CC(OC(=O)CCc1nc2ccccc2c(=O)n1C)C(=O)N1CCc2ccccc21. The van der Waals surface area contributed by atoms with Crippen LogP contribution in [0.25, 0.3) is 10.9 Å². The number of carbonyl (C=O) groups excluding carboxylic acids is 2. The minimum atomic E-state index is -0.878. The average Bonchev–Trinajstić information content (AvgIpc) is 3.19. The van der Waals surface area contributed by atoms with Gasteiger partial charge < -0.3 is 9.64 Å². The minimum Gasteiger partial charge on any atom is -0.453 e. The predicted octanol–water partition coefficient (Wildman–Crippen LogP) is 2.39. The molecule has 7 heteroatoms. The molecule has 0 bridgehead atoms. The van der Waals surface area contributed by atoms with Gasteiger partial charge in [-0.25, -0.2) is 4.98 Å². The molecule has 2 heterocycles. The van der Waals surface area contributed by atoms with Crippen LogP contribution >= 0.6 is 0 Å². The first-order chi connectivity index (χ1) is 14.5. The third-order valence-corrected chi connectivity index (χ3v) is 5.44. The summed E-state index contributed by atoms with van der Waals surface area (Å²) in [6.45, 7) is 2.17. The van der Waals surface area contributed by atoms with Crippen molar-refractivity contribution in [3.8, 4) is 0 Å². The van der Waals surface area contributed by atoms with Crippen molar-refractivity contribution >= 4 is 28.5 Å². The summed E-state index contributed by atoms with van der Waals surface area (Å²) in [6, 6.07) is 14.9. The van der Waals surface area contributed by atoms with E-state index >= 15 is 0 Å². The number of amides is 1. The quantitative estimate of drug-likeness (QED) is 0.609. The zero-order chi connectivity index (χ0) is 21.3. The van der Waals surface area contributed by atoms with Crippen LogP contribution in [0, 0.1) is 0 Å². The maximum Gasteiger partial charge on any atom is 0.307 e. The summed E-state index contributed by atoms with van der Waals surface area (Å²) in [7, 11) is 1.64. The fourth-order valence-corrected chi connectivity index (χ4v) is 3.79. The number of ether oxygens (including phenoxy) is 1. The number of aromatic nitrogens is 2. The molecule has 0 spiro atoms. The van der Waals surface area contributed by atoms with Crippen LogP contribution in [-0.2, 0) is 34.2 Å². The number of anilines is 1. The molecular weight excluding hydrogens is 382 g/mol. The van der Waals surface area contributed by atoms with Crippen molar-refractivity contribution < 1.29 is 14.3 Å². The Labute approximate surface area is 173 Å². The van der Waals surface area contributed by atoms with Gasteiger partial charge in [0.05, 0.1) is 17.3 Å². The number of para-hydroxylation sites is 2. The summed E-state index contributed by atoms with van der Waals surface area (Å²) < 4.78 is 6.82. The third-order valence-electron chi connectivity index (χ3n) is 5.44. The molecule has 1 unspecified atom stereocenters. The number of aryl methyl sites for hydroxylation is 1. The number of nitrogens with zero attached hydrogens (tertiary/aromatic N) is 3. The van der Waals surface area contributed by atoms with Crippen molar-refractivity contribution in [2.24, 2.45) is 7.05 Å². The number of fused-ring (bicyclic) bond motifs is 2. The molecule has 0 saturated heterocycles. The monoisotopic (exact) mass is 405 g/mol. The molecule has 2 aromatic carbocycles. The molecule has 1 aliphatic heterocycles. The Bertz CT molecular complexity index is 1180. The number of rotatable bonds is 5. The minimum absolute atomic E-state index is 0.0346. The molecule has 3 aromatic rings. The van der Waals surface area contributed by atoms with E-state index in [1.165, 1.54) is 4.57 Å². The van der Waals surface area contributed by atoms with Crippen molar-refractivity contribution in [2.75, 3.05) is 11.4 Å². The van der Waals surface area contributed by atoms with E-state index in [1.807, 2.05) is 30.3 Å². The molecule has 154 valence electrons. The van der Waals surface area contributed by atoms with Gasteiger partial charge in [-0.15, -0.1) is 0 Å². The van der Waals surface area contributed by atoms with Gasteiger partial charge in [-0.05, 0) is 37.1 Å². The lowest BCUT2D eigenvalue weighted by Crippen LogP contribution is -2.39. The van der Waals surface area contributed by atoms with Crippen LogP contribution in [0.15, 0.2) is 53.3 Å². The lowest BCUT2D eigenvalue weighted by molar-refractivity contribution is -0.153. The molecule has 1 atom stereocenters. The summed E-state index contributed by atoms with van der Waals surface area (Å²) in [4.78, 5) is 43.7. The highest BCUT2D eigenvalue weighted by atomic mass is 16.5. The maximum atomic E-state index is 12.8. The lowest BCUT2D eigenvalue weighted by atomic mass is 10.2. The van der Waals surface area contributed by atoms with Gasteiger partial charge in [0.25, 0.3) is 11.5 Å².